The van der Waals surface area contributed by atoms with E-state index >= 15 is 0 Å². The van der Waals surface area contributed by atoms with Gasteiger partial charge in [0.2, 0.25) is 0 Å². The van der Waals surface area contributed by atoms with Gasteiger partial charge in [-0.05, 0) is 40.9 Å². The summed E-state index contributed by atoms with van der Waals surface area (Å²) in [6.07, 6.45) is 0. The van der Waals surface area contributed by atoms with Crippen molar-refractivity contribution in [3.8, 4) is 6.07 Å². The number of nitriles is 1. The molecule has 0 aromatic heterocycles. The van der Waals surface area contributed by atoms with E-state index < -0.39 is 5.82 Å². The summed E-state index contributed by atoms with van der Waals surface area (Å²) in [5, 5.41) is 11.8. The van der Waals surface area contributed by atoms with E-state index in [2.05, 4.69) is 35.1 Å². The van der Waals surface area contributed by atoms with Gasteiger partial charge in [0.25, 0.3) is 0 Å². The first-order valence-electron chi connectivity index (χ1n) is 5.12. The normalized spacial score (nSPS) is 12.3. The zero-order chi connectivity index (χ0) is 12.3. The van der Waals surface area contributed by atoms with Crippen LogP contribution in [0.5, 0.6) is 0 Å². The Kier molecular flexibility index (Phi) is 4.31. The lowest BCUT2D eigenvalue weighted by Gasteiger charge is -2.19. The Morgan fingerprint density at radius 2 is 2.00 bits per heavy atom. The predicted octanol–water partition coefficient (Wildman–Crippen LogP) is 3.92. The molecule has 1 aromatic carbocycles. The second kappa shape index (κ2) is 5.31. The third-order valence-corrected chi connectivity index (χ3v) is 3.36. The lowest BCUT2D eigenvalue weighted by Crippen LogP contribution is -2.22. The molecule has 0 aliphatic heterocycles. The second-order valence-electron chi connectivity index (χ2n) is 4.08. The molecule has 0 amide bonds. The van der Waals surface area contributed by atoms with E-state index in [0.29, 0.717) is 17.2 Å². The summed E-state index contributed by atoms with van der Waals surface area (Å²) < 4.78 is 14.0. The Morgan fingerprint density at radius 1 is 1.38 bits per heavy atom. The molecule has 0 fully saturated rings. The second-order valence-corrected chi connectivity index (χ2v) is 4.87. The van der Waals surface area contributed by atoms with Crippen LogP contribution in [0.3, 0.4) is 0 Å². The van der Waals surface area contributed by atoms with Gasteiger partial charge in [-0.2, -0.15) is 5.26 Å². The fraction of sp³-hybridized carbons (Fsp3) is 0.417. The van der Waals surface area contributed by atoms with Crippen LogP contribution in [0.2, 0.25) is 0 Å². The van der Waals surface area contributed by atoms with Crippen molar-refractivity contribution >= 4 is 21.6 Å². The summed E-state index contributed by atoms with van der Waals surface area (Å²) in [4.78, 5) is 0. The van der Waals surface area contributed by atoms with E-state index in [-0.39, 0.29) is 10.5 Å². The third-order valence-electron chi connectivity index (χ3n) is 2.59. The molecule has 4 heteroatoms. The summed E-state index contributed by atoms with van der Waals surface area (Å²) in [6.45, 7) is 6.12. The molecule has 1 unspecified atom stereocenters. The Bertz CT molecular complexity index is 424. The maximum atomic E-state index is 13.8. The van der Waals surface area contributed by atoms with Crippen LogP contribution in [0.15, 0.2) is 16.6 Å². The molecule has 0 aliphatic rings. The van der Waals surface area contributed by atoms with E-state index in [4.69, 9.17) is 5.26 Å². The van der Waals surface area contributed by atoms with Crippen molar-refractivity contribution < 1.29 is 4.39 Å². The average Bonchev–Trinajstić information content (AvgIpc) is 2.25. The van der Waals surface area contributed by atoms with Gasteiger partial charge in [0.1, 0.15) is 6.07 Å². The van der Waals surface area contributed by atoms with Gasteiger partial charge in [-0.1, -0.05) is 13.8 Å². The van der Waals surface area contributed by atoms with Crippen molar-refractivity contribution in [2.75, 3.05) is 5.32 Å². The Morgan fingerprint density at radius 3 is 2.50 bits per heavy atom. The summed E-state index contributed by atoms with van der Waals surface area (Å²) in [5.41, 5.74) is 0.729. The van der Waals surface area contributed by atoms with E-state index in [1.807, 2.05) is 13.0 Å². The molecule has 86 valence electrons. The van der Waals surface area contributed by atoms with E-state index in [0.717, 1.165) is 0 Å². The van der Waals surface area contributed by atoms with Gasteiger partial charge < -0.3 is 5.32 Å². The molecular weight excluding hydrogens is 271 g/mol. The molecule has 0 bridgehead atoms. The maximum Gasteiger partial charge on any atom is 0.161 e. The average molecular weight is 285 g/mol. The molecule has 1 atom stereocenters. The highest BCUT2D eigenvalue weighted by molar-refractivity contribution is 9.10. The maximum absolute atomic E-state index is 13.8. The molecule has 2 nitrogen and oxygen atoms in total. The minimum Gasteiger partial charge on any atom is -0.380 e. The number of halogens is 2. The quantitative estimate of drug-likeness (QED) is 0.913. The molecule has 1 rings (SSSR count). The molecule has 0 radical (unpaired) electrons. The first-order valence-corrected chi connectivity index (χ1v) is 5.91. The fourth-order valence-corrected chi connectivity index (χ4v) is 1.59. The monoisotopic (exact) mass is 284 g/mol. The molecule has 0 heterocycles. The third kappa shape index (κ3) is 2.73. The van der Waals surface area contributed by atoms with E-state index in [9.17, 15) is 4.39 Å². The van der Waals surface area contributed by atoms with Crippen molar-refractivity contribution in [2.45, 2.75) is 26.8 Å². The Balaban J connectivity index is 3.00. The minimum absolute atomic E-state index is 0.175. The molecule has 0 aliphatic carbocycles. The van der Waals surface area contributed by atoms with Crippen LogP contribution in [-0.4, -0.2) is 6.04 Å². The summed E-state index contributed by atoms with van der Waals surface area (Å²) in [7, 11) is 0. The van der Waals surface area contributed by atoms with Gasteiger partial charge >= 0.3 is 0 Å². The molecule has 1 N–H and O–H groups in total. The standard InChI is InChI=1S/C12H14BrFN2/c1-7(2)8(3)16-10-5-4-9(6-15)11(13)12(10)14/h4-5,7-8,16H,1-3H3. The molecule has 0 spiro atoms. The number of rotatable bonds is 3. The SMILES string of the molecule is CC(C)C(C)Nc1ccc(C#N)c(Br)c1F. The van der Waals surface area contributed by atoms with Crippen LogP contribution in [-0.2, 0) is 0 Å². The lowest BCUT2D eigenvalue weighted by atomic mass is 10.1. The largest absolute Gasteiger partial charge is 0.380 e. The van der Waals surface area contributed by atoms with Crippen LogP contribution in [0.1, 0.15) is 26.3 Å². The number of hydrogen-bond acceptors (Lipinski definition) is 2. The smallest absolute Gasteiger partial charge is 0.161 e. The van der Waals surface area contributed by atoms with Crippen LogP contribution in [0.4, 0.5) is 10.1 Å². The molecule has 1 aromatic rings. The highest BCUT2D eigenvalue weighted by atomic mass is 79.9. The number of benzene rings is 1. The van der Waals surface area contributed by atoms with Crippen molar-refractivity contribution in [2.24, 2.45) is 5.92 Å². The van der Waals surface area contributed by atoms with Crippen LogP contribution >= 0.6 is 15.9 Å². The highest BCUT2D eigenvalue weighted by Crippen LogP contribution is 2.27. The van der Waals surface area contributed by atoms with Crippen molar-refractivity contribution in [3.05, 3.63) is 28.0 Å². The minimum atomic E-state index is -0.411. The predicted molar refractivity (Wildman–Crippen MR) is 66.7 cm³/mol. The molecule has 0 saturated carbocycles. The van der Waals surface area contributed by atoms with Gasteiger partial charge in [0.15, 0.2) is 5.82 Å². The highest BCUT2D eigenvalue weighted by Gasteiger charge is 2.14. The lowest BCUT2D eigenvalue weighted by molar-refractivity contribution is 0.551. The number of nitrogens with zero attached hydrogens (tertiary/aromatic N) is 1. The summed E-state index contributed by atoms with van der Waals surface area (Å²) in [5.74, 6) is 0.000342. The molecule has 16 heavy (non-hydrogen) atoms. The van der Waals surface area contributed by atoms with Crippen molar-refractivity contribution in [1.82, 2.24) is 0 Å². The fourth-order valence-electron chi connectivity index (χ4n) is 1.16. The number of anilines is 1. The zero-order valence-electron chi connectivity index (χ0n) is 9.51. The van der Waals surface area contributed by atoms with Crippen LogP contribution in [0.25, 0.3) is 0 Å². The number of hydrogen-bond donors (Lipinski definition) is 1. The molecular formula is C12H14BrFN2. The van der Waals surface area contributed by atoms with Gasteiger partial charge in [-0.25, -0.2) is 4.39 Å². The van der Waals surface area contributed by atoms with Crippen molar-refractivity contribution in [1.29, 1.82) is 5.26 Å². The number of nitrogens with one attached hydrogen (secondary N) is 1. The van der Waals surface area contributed by atoms with Crippen LogP contribution in [0, 0.1) is 23.1 Å². The zero-order valence-corrected chi connectivity index (χ0v) is 11.1. The van der Waals surface area contributed by atoms with Gasteiger partial charge in [0, 0.05) is 6.04 Å². The van der Waals surface area contributed by atoms with E-state index in [1.165, 1.54) is 0 Å². The summed E-state index contributed by atoms with van der Waals surface area (Å²) in [6, 6.07) is 5.29. The van der Waals surface area contributed by atoms with Gasteiger partial charge in [0.05, 0.1) is 15.7 Å². The van der Waals surface area contributed by atoms with Crippen molar-refractivity contribution in [3.63, 3.8) is 0 Å². The van der Waals surface area contributed by atoms with Crippen LogP contribution < -0.4 is 5.32 Å². The summed E-state index contributed by atoms with van der Waals surface area (Å²) >= 11 is 3.08. The van der Waals surface area contributed by atoms with E-state index in [1.54, 1.807) is 12.1 Å². The Labute approximate surface area is 104 Å². The first-order chi connectivity index (χ1) is 7.47. The first kappa shape index (κ1) is 13.0. The van der Waals surface area contributed by atoms with Gasteiger partial charge in [-0.3, -0.25) is 0 Å². The van der Waals surface area contributed by atoms with Gasteiger partial charge in [-0.15, -0.1) is 0 Å². The topological polar surface area (TPSA) is 35.8 Å². The molecule has 0 saturated heterocycles. The Hall–Kier alpha value is -1.08.